The van der Waals surface area contributed by atoms with Crippen LogP contribution in [0.3, 0.4) is 0 Å². The lowest BCUT2D eigenvalue weighted by Crippen LogP contribution is -2.40. The number of hydrogen-bond donors (Lipinski definition) is 2. The molecule has 20 heavy (non-hydrogen) atoms. The second-order valence-corrected chi connectivity index (χ2v) is 6.38. The maximum absolute atomic E-state index is 12.1. The Morgan fingerprint density at radius 2 is 1.75 bits per heavy atom. The minimum Gasteiger partial charge on any atom is -0.354 e. The average molecular weight is 285 g/mol. The summed E-state index contributed by atoms with van der Waals surface area (Å²) in [6.45, 7) is 9.58. The molecule has 0 saturated heterocycles. The van der Waals surface area contributed by atoms with Crippen LogP contribution in [0.2, 0.25) is 0 Å². The molecule has 0 radical (unpaired) electrons. The molecule has 0 aliphatic heterocycles. The van der Waals surface area contributed by atoms with Crippen molar-refractivity contribution in [1.82, 2.24) is 10.2 Å². The van der Waals surface area contributed by atoms with E-state index in [-0.39, 0.29) is 24.3 Å². The van der Waals surface area contributed by atoms with Gasteiger partial charge in [0.1, 0.15) is 0 Å². The normalized spacial score (nSPS) is 12.6. The summed E-state index contributed by atoms with van der Waals surface area (Å²) in [4.78, 5) is 25.2. The minimum absolute atomic E-state index is 0.0132. The maximum atomic E-state index is 12.1. The van der Waals surface area contributed by atoms with E-state index >= 15 is 0 Å². The second-order valence-electron chi connectivity index (χ2n) is 6.38. The lowest BCUT2D eigenvalue weighted by atomic mass is 9.94. The van der Waals surface area contributed by atoms with Crippen molar-refractivity contribution >= 4 is 11.8 Å². The summed E-state index contributed by atoms with van der Waals surface area (Å²) in [6.07, 6.45) is 1.36. The van der Waals surface area contributed by atoms with Crippen molar-refractivity contribution in [3.05, 3.63) is 0 Å². The van der Waals surface area contributed by atoms with Crippen LogP contribution in [-0.4, -0.2) is 43.4 Å². The van der Waals surface area contributed by atoms with Crippen LogP contribution in [0.1, 0.15) is 40.5 Å². The Morgan fingerprint density at radius 3 is 2.20 bits per heavy atom. The number of carbonyl (C=O) groups is 2. The first kappa shape index (κ1) is 18.9. The molecule has 0 spiro atoms. The quantitative estimate of drug-likeness (QED) is 0.669. The standard InChI is InChI=1S/C15H31N3O2/c1-11(2)6-13(8-16)7-15(20)18(5)10-14(19)17-9-12(3)4/h11-13H,6-10,16H2,1-5H3,(H,17,19). The molecule has 2 amide bonds. The molecule has 1 atom stereocenters. The highest BCUT2D eigenvalue weighted by atomic mass is 16.2. The van der Waals surface area contributed by atoms with E-state index in [9.17, 15) is 9.59 Å². The molecule has 0 aromatic carbocycles. The number of nitrogens with one attached hydrogen (secondary N) is 1. The topological polar surface area (TPSA) is 75.4 Å². The zero-order valence-corrected chi connectivity index (χ0v) is 13.6. The number of carbonyl (C=O) groups excluding carboxylic acids is 2. The number of amides is 2. The minimum atomic E-state index is -0.109. The van der Waals surface area contributed by atoms with Gasteiger partial charge in [-0.15, -0.1) is 0 Å². The SMILES string of the molecule is CC(C)CNC(=O)CN(C)C(=O)CC(CN)CC(C)C. The van der Waals surface area contributed by atoms with Gasteiger partial charge in [0.15, 0.2) is 0 Å². The van der Waals surface area contributed by atoms with Crippen LogP contribution in [-0.2, 0) is 9.59 Å². The van der Waals surface area contributed by atoms with Crippen molar-refractivity contribution in [2.24, 2.45) is 23.5 Å². The molecule has 0 heterocycles. The fourth-order valence-electron chi connectivity index (χ4n) is 2.01. The van der Waals surface area contributed by atoms with E-state index in [4.69, 9.17) is 5.73 Å². The van der Waals surface area contributed by atoms with Crippen LogP contribution in [0.5, 0.6) is 0 Å². The van der Waals surface area contributed by atoms with Crippen LogP contribution in [0, 0.1) is 17.8 Å². The zero-order chi connectivity index (χ0) is 15.7. The molecule has 0 aromatic heterocycles. The number of likely N-dealkylation sites (N-methyl/N-ethyl adjacent to an activating group) is 1. The zero-order valence-electron chi connectivity index (χ0n) is 13.6. The molecule has 0 bridgehead atoms. The molecule has 5 heteroatoms. The van der Waals surface area contributed by atoms with Crippen LogP contribution in [0.15, 0.2) is 0 Å². The fourth-order valence-corrected chi connectivity index (χ4v) is 2.01. The van der Waals surface area contributed by atoms with Gasteiger partial charge in [-0.25, -0.2) is 0 Å². The van der Waals surface area contributed by atoms with E-state index in [1.165, 1.54) is 4.90 Å². The van der Waals surface area contributed by atoms with Crippen LogP contribution in [0.25, 0.3) is 0 Å². The summed E-state index contributed by atoms with van der Waals surface area (Å²) in [5, 5.41) is 2.81. The van der Waals surface area contributed by atoms with E-state index in [2.05, 4.69) is 19.2 Å². The van der Waals surface area contributed by atoms with Gasteiger partial charge in [-0.2, -0.15) is 0 Å². The van der Waals surface area contributed by atoms with Gasteiger partial charge in [-0.3, -0.25) is 9.59 Å². The fraction of sp³-hybridized carbons (Fsp3) is 0.867. The lowest BCUT2D eigenvalue weighted by molar-refractivity contribution is -0.135. The molecule has 0 aliphatic carbocycles. The molecule has 0 fully saturated rings. The number of nitrogens with two attached hydrogens (primary N) is 1. The van der Waals surface area contributed by atoms with E-state index in [1.807, 2.05) is 13.8 Å². The Morgan fingerprint density at radius 1 is 1.15 bits per heavy atom. The van der Waals surface area contributed by atoms with Crippen molar-refractivity contribution in [3.63, 3.8) is 0 Å². The molecule has 118 valence electrons. The molecule has 0 rings (SSSR count). The van der Waals surface area contributed by atoms with Crippen LogP contribution < -0.4 is 11.1 Å². The highest BCUT2D eigenvalue weighted by Gasteiger charge is 2.18. The van der Waals surface area contributed by atoms with Gasteiger partial charge in [0.2, 0.25) is 11.8 Å². The first-order valence-corrected chi connectivity index (χ1v) is 7.46. The van der Waals surface area contributed by atoms with Gasteiger partial charge in [0.05, 0.1) is 6.54 Å². The number of hydrogen-bond acceptors (Lipinski definition) is 3. The van der Waals surface area contributed by atoms with E-state index in [0.29, 0.717) is 31.3 Å². The third-order valence-corrected chi connectivity index (χ3v) is 3.12. The largest absolute Gasteiger partial charge is 0.354 e. The Hall–Kier alpha value is -1.10. The lowest BCUT2D eigenvalue weighted by Gasteiger charge is -2.21. The summed E-state index contributed by atoms with van der Waals surface area (Å²) in [7, 11) is 1.67. The van der Waals surface area contributed by atoms with Crippen molar-refractivity contribution in [1.29, 1.82) is 0 Å². The van der Waals surface area contributed by atoms with Gasteiger partial charge in [0, 0.05) is 20.0 Å². The Balaban J connectivity index is 4.16. The monoisotopic (exact) mass is 285 g/mol. The summed E-state index contributed by atoms with van der Waals surface area (Å²) in [6, 6.07) is 0. The molecule has 0 aromatic rings. The molecule has 0 aliphatic rings. The Labute approximate surface area is 123 Å². The van der Waals surface area contributed by atoms with Gasteiger partial charge in [0.25, 0.3) is 0 Å². The average Bonchev–Trinajstić information content (AvgIpc) is 2.34. The van der Waals surface area contributed by atoms with Gasteiger partial charge >= 0.3 is 0 Å². The van der Waals surface area contributed by atoms with Gasteiger partial charge < -0.3 is 16.0 Å². The Bertz CT molecular complexity index is 303. The summed E-state index contributed by atoms with van der Waals surface area (Å²) in [5.41, 5.74) is 5.70. The predicted octanol–water partition coefficient (Wildman–Crippen LogP) is 1.23. The molecule has 5 nitrogen and oxygen atoms in total. The predicted molar refractivity (Wildman–Crippen MR) is 82.1 cm³/mol. The van der Waals surface area contributed by atoms with E-state index in [0.717, 1.165) is 6.42 Å². The molecule has 1 unspecified atom stereocenters. The van der Waals surface area contributed by atoms with Crippen molar-refractivity contribution in [3.8, 4) is 0 Å². The van der Waals surface area contributed by atoms with Gasteiger partial charge in [-0.05, 0) is 30.7 Å². The molecular weight excluding hydrogens is 254 g/mol. The van der Waals surface area contributed by atoms with Crippen molar-refractivity contribution in [2.75, 3.05) is 26.7 Å². The number of rotatable bonds is 9. The Kier molecular flexibility index (Phi) is 9.21. The number of nitrogens with zero attached hydrogens (tertiary/aromatic N) is 1. The smallest absolute Gasteiger partial charge is 0.239 e. The highest BCUT2D eigenvalue weighted by molar-refractivity contribution is 5.84. The summed E-state index contributed by atoms with van der Waals surface area (Å²) in [5.74, 6) is 1.01. The maximum Gasteiger partial charge on any atom is 0.239 e. The molecular formula is C15H31N3O2. The van der Waals surface area contributed by atoms with Crippen LogP contribution in [0.4, 0.5) is 0 Å². The third-order valence-electron chi connectivity index (χ3n) is 3.12. The summed E-state index contributed by atoms with van der Waals surface area (Å²) >= 11 is 0. The van der Waals surface area contributed by atoms with Crippen molar-refractivity contribution in [2.45, 2.75) is 40.5 Å². The summed E-state index contributed by atoms with van der Waals surface area (Å²) < 4.78 is 0. The van der Waals surface area contributed by atoms with E-state index in [1.54, 1.807) is 7.05 Å². The first-order chi connectivity index (χ1) is 9.26. The van der Waals surface area contributed by atoms with E-state index < -0.39 is 0 Å². The molecule has 3 N–H and O–H groups in total. The highest BCUT2D eigenvalue weighted by Crippen LogP contribution is 2.15. The van der Waals surface area contributed by atoms with Crippen LogP contribution >= 0.6 is 0 Å². The first-order valence-electron chi connectivity index (χ1n) is 7.46. The van der Waals surface area contributed by atoms with Crippen molar-refractivity contribution < 1.29 is 9.59 Å². The van der Waals surface area contributed by atoms with Gasteiger partial charge in [-0.1, -0.05) is 27.7 Å². The molecule has 0 saturated carbocycles. The third kappa shape index (κ3) is 8.91. The second kappa shape index (κ2) is 9.75.